The predicted molar refractivity (Wildman–Crippen MR) is 225 cm³/mol. The first-order chi connectivity index (χ1) is 24.6. The second kappa shape index (κ2) is 40.8. The van der Waals surface area contributed by atoms with Crippen LogP contribution < -0.4 is 10.2 Å². The van der Waals surface area contributed by atoms with Crippen molar-refractivity contribution in [3.05, 3.63) is 12.2 Å². The smallest absolute Gasteiger partial charge is 0.0643 e. The SMILES string of the molecule is CCCCCCC[CH2][Sn+]([CH2]CCCCCCC)[O]C(C)(C)C.CCCCCCC[CH2][Sn+]([CH2]CCCCCCC)[O]C(C)(C)C.O=C([O-])/C=C\C(=O)[O-]. The van der Waals surface area contributed by atoms with E-state index in [0.29, 0.717) is 12.2 Å². The average Bonchev–Trinajstić information content (AvgIpc) is 3.05. The number of unbranched alkanes of at least 4 members (excludes halogenated alkanes) is 20. The van der Waals surface area contributed by atoms with Gasteiger partial charge in [0.05, 0.1) is 11.9 Å². The first-order valence-corrected chi connectivity index (χ1v) is 32.2. The van der Waals surface area contributed by atoms with Crippen molar-refractivity contribution in [3.8, 4) is 0 Å². The third-order valence-electron chi connectivity index (χ3n) is 8.49. The van der Waals surface area contributed by atoms with Crippen LogP contribution in [0.2, 0.25) is 17.7 Å². The third kappa shape index (κ3) is 54.5. The van der Waals surface area contributed by atoms with E-state index in [-0.39, 0.29) is 11.2 Å². The van der Waals surface area contributed by atoms with Gasteiger partial charge in [-0.25, -0.2) is 0 Å². The van der Waals surface area contributed by atoms with E-state index in [0.717, 1.165) is 0 Å². The number of carbonyl (C=O) groups is 2. The van der Waals surface area contributed by atoms with Crippen molar-refractivity contribution in [2.45, 2.75) is 252 Å². The van der Waals surface area contributed by atoms with Gasteiger partial charge in [0.25, 0.3) is 0 Å². The molecule has 0 radical (unpaired) electrons. The van der Waals surface area contributed by atoms with Crippen LogP contribution in [-0.2, 0) is 15.7 Å². The molecule has 0 aromatic carbocycles. The zero-order valence-corrected chi connectivity index (χ0v) is 42.1. The zero-order chi connectivity index (χ0) is 39.9. The van der Waals surface area contributed by atoms with Gasteiger partial charge in [-0.1, -0.05) is 0 Å². The number of carbonyl (C=O) groups excluding carboxylic acids is 2. The van der Waals surface area contributed by atoms with Crippen LogP contribution in [0.15, 0.2) is 12.2 Å². The Balaban J connectivity index is -0.000000764. The maximum Gasteiger partial charge on any atom is 0.0643 e. The summed E-state index contributed by atoms with van der Waals surface area (Å²) in [6, 6.07) is 0. The summed E-state index contributed by atoms with van der Waals surface area (Å²) >= 11 is -3.17. The Morgan fingerprint density at radius 3 is 0.769 bits per heavy atom. The van der Waals surface area contributed by atoms with Gasteiger partial charge in [-0.15, -0.1) is 0 Å². The minimum absolute atomic E-state index is 0.0964. The number of aliphatic carboxylic acids is 2. The van der Waals surface area contributed by atoms with Gasteiger partial charge in [0.2, 0.25) is 0 Å². The topological polar surface area (TPSA) is 98.7 Å². The molecule has 0 aliphatic heterocycles. The second-order valence-corrected chi connectivity index (χ2v) is 29.6. The molecule has 308 valence electrons. The molecular weight excluding hydrogens is 862 g/mol. The standard InChI is InChI=1S/4C8H17.C4H4O4.2C4H9O.2Sn/c4*1-3-5-7-8-6-4-2;5-3(6)1-2-4(7)8;2*1-4(2,3)5;;/h4*1,3-8H2,2H3;1-2H,(H,5,6)(H,7,8);2*1-3H3;;/q;;;;;2*-1;2*+2/p-2/b;;;;2-1-;;;;. The van der Waals surface area contributed by atoms with E-state index in [9.17, 15) is 19.8 Å². The fraction of sp³-hybridized carbons (Fsp3) is 0.909. The van der Waals surface area contributed by atoms with Crippen LogP contribution in [0, 0.1) is 0 Å². The molecule has 6 nitrogen and oxygen atoms in total. The van der Waals surface area contributed by atoms with Crippen LogP contribution in [0.4, 0.5) is 0 Å². The molecule has 0 aliphatic carbocycles. The summed E-state index contributed by atoms with van der Waals surface area (Å²) in [6.45, 7) is 22.7. The van der Waals surface area contributed by atoms with Crippen molar-refractivity contribution in [3.63, 3.8) is 0 Å². The van der Waals surface area contributed by atoms with Crippen molar-refractivity contribution in [1.82, 2.24) is 0 Å². The van der Waals surface area contributed by atoms with Gasteiger partial charge in [0.1, 0.15) is 0 Å². The number of hydrogen-bond donors (Lipinski definition) is 0. The average molecular weight is 951 g/mol. The van der Waals surface area contributed by atoms with Gasteiger partial charge in [0.15, 0.2) is 0 Å². The summed E-state index contributed by atoms with van der Waals surface area (Å²) in [5.74, 6) is -3.09. The Hall–Kier alpha value is 0.197. The number of hydrogen-bond acceptors (Lipinski definition) is 6. The minimum Gasteiger partial charge on any atom is -0.545 e. The van der Waals surface area contributed by atoms with Gasteiger partial charge < -0.3 is 19.8 Å². The van der Waals surface area contributed by atoms with E-state index in [1.54, 1.807) is 0 Å². The summed E-state index contributed by atoms with van der Waals surface area (Å²) in [5.41, 5.74) is 0.193. The summed E-state index contributed by atoms with van der Waals surface area (Å²) in [7, 11) is 0. The van der Waals surface area contributed by atoms with Gasteiger partial charge in [-0.2, -0.15) is 0 Å². The maximum absolute atomic E-state index is 9.41. The molecule has 0 aromatic rings. The van der Waals surface area contributed by atoms with Crippen LogP contribution in [0.1, 0.15) is 223 Å². The van der Waals surface area contributed by atoms with E-state index >= 15 is 0 Å². The molecule has 0 aromatic heterocycles. The summed E-state index contributed by atoms with van der Waals surface area (Å²) < 4.78 is 18.8. The third-order valence-corrected chi connectivity index (χ3v) is 24.0. The molecule has 0 rings (SSSR count). The molecule has 8 heteroatoms. The molecule has 0 spiro atoms. The molecule has 0 heterocycles. The largest absolute Gasteiger partial charge is 0.545 e. The molecule has 0 bridgehead atoms. The molecule has 0 atom stereocenters. The van der Waals surface area contributed by atoms with Gasteiger partial charge in [-0.05, 0) is 12.2 Å². The second-order valence-electron chi connectivity index (χ2n) is 16.5. The fourth-order valence-electron chi connectivity index (χ4n) is 5.87. The van der Waals surface area contributed by atoms with Crippen molar-refractivity contribution in [2.24, 2.45) is 0 Å². The van der Waals surface area contributed by atoms with E-state index in [2.05, 4.69) is 69.2 Å². The molecular formula is C44H88O6Sn2. The van der Waals surface area contributed by atoms with Gasteiger partial charge >= 0.3 is 299 Å². The summed E-state index contributed by atoms with van der Waals surface area (Å²) in [4.78, 5) is 18.8. The number of carboxylic acid groups (broad SMARTS) is 2. The first kappa shape index (κ1) is 56.5. The molecule has 0 amide bonds. The van der Waals surface area contributed by atoms with Crippen LogP contribution in [0.3, 0.4) is 0 Å². The molecule has 0 N–H and O–H groups in total. The number of carboxylic acids is 2. The Bertz CT molecular complexity index is 695. The van der Waals surface area contributed by atoms with Crippen LogP contribution in [-0.4, -0.2) is 63.5 Å². The fourth-order valence-corrected chi connectivity index (χ4v) is 20.8. The van der Waals surface area contributed by atoms with Crippen molar-refractivity contribution in [2.75, 3.05) is 0 Å². The van der Waals surface area contributed by atoms with Crippen molar-refractivity contribution < 1.29 is 26.0 Å². The predicted octanol–water partition coefficient (Wildman–Crippen LogP) is 12.1. The molecule has 0 aliphatic rings. The van der Waals surface area contributed by atoms with Crippen LogP contribution in [0.25, 0.3) is 0 Å². The molecule has 52 heavy (non-hydrogen) atoms. The van der Waals surface area contributed by atoms with E-state index < -0.39 is 52.3 Å². The first-order valence-electron chi connectivity index (χ1n) is 21.8. The Morgan fingerprint density at radius 2 is 0.596 bits per heavy atom. The van der Waals surface area contributed by atoms with Gasteiger partial charge in [-0.3, -0.25) is 0 Å². The Labute approximate surface area is 340 Å². The summed E-state index contributed by atoms with van der Waals surface area (Å²) in [5, 5.41) is 18.8. The normalized spacial score (nSPS) is 11.5. The Kier molecular flexibility index (Phi) is 44.4. The summed E-state index contributed by atoms with van der Waals surface area (Å²) in [6.07, 6.45) is 34.9. The molecule has 0 saturated heterocycles. The van der Waals surface area contributed by atoms with Crippen LogP contribution >= 0.6 is 0 Å². The molecule has 0 fully saturated rings. The monoisotopic (exact) mass is 952 g/mol. The maximum atomic E-state index is 9.41. The molecule has 0 saturated carbocycles. The Morgan fingerprint density at radius 1 is 0.404 bits per heavy atom. The van der Waals surface area contributed by atoms with Crippen molar-refractivity contribution >= 4 is 52.3 Å². The molecule has 0 unspecified atom stereocenters. The van der Waals surface area contributed by atoms with Crippen LogP contribution in [0.5, 0.6) is 0 Å². The van der Waals surface area contributed by atoms with Crippen molar-refractivity contribution in [1.29, 1.82) is 0 Å². The quantitative estimate of drug-likeness (QED) is 0.0378. The number of rotatable bonds is 32. The minimum atomic E-state index is -1.58. The van der Waals surface area contributed by atoms with Gasteiger partial charge in [0, 0.05) is 0 Å². The zero-order valence-electron chi connectivity index (χ0n) is 36.4. The van der Waals surface area contributed by atoms with E-state index in [1.807, 2.05) is 0 Å². The van der Waals surface area contributed by atoms with E-state index in [4.69, 9.17) is 6.15 Å². The van der Waals surface area contributed by atoms with E-state index in [1.165, 1.54) is 172 Å².